The number of pyridine rings is 1. The molecule has 1 aromatic heterocycles. The van der Waals surface area contributed by atoms with Gasteiger partial charge in [-0.1, -0.05) is 79.9 Å². The minimum atomic E-state index is 0.547. The fourth-order valence-corrected chi connectivity index (χ4v) is 3.57. The molecule has 1 saturated carbocycles. The Balaban J connectivity index is 1.69. The molecule has 0 aliphatic heterocycles. The van der Waals surface area contributed by atoms with Crippen molar-refractivity contribution in [3.8, 4) is 0 Å². The second-order valence-corrected chi connectivity index (χ2v) is 6.84. The first-order valence-electron chi connectivity index (χ1n) is 9.28. The van der Waals surface area contributed by atoms with E-state index in [1.165, 1.54) is 43.1 Å². The Kier molecular flexibility index (Phi) is 4.78. The molecule has 25 heavy (non-hydrogen) atoms. The Hall–Kier alpha value is -2.61. The Morgan fingerprint density at radius 2 is 1.60 bits per heavy atom. The monoisotopic (exact) mass is 328 g/mol. The number of para-hydroxylation sites is 1. The van der Waals surface area contributed by atoms with Gasteiger partial charge in [0.1, 0.15) is 5.82 Å². The molecule has 1 aliphatic carbocycles. The van der Waals surface area contributed by atoms with Crippen LogP contribution >= 0.6 is 0 Å². The highest BCUT2D eigenvalue weighted by atomic mass is 15.0. The molecule has 1 aliphatic rings. The zero-order valence-electron chi connectivity index (χ0n) is 14.5. The molecule has 2 nitrogen and oxygen atoms in total. The number of nitrogens with zero attached hydrogens (tertiary/aromatic N) is 1. The molecule has 0 saturated heterocycles. The van der Waals surface area contributed by atoms with Crippen molar-refractivity contribution in [2.24, 2.45) is 0 Å². The van der Waals surface area contributed by atoms with Crippen LogP contribution < -0.4 is 5.32 Å². The van der Waals surface area contributed by atoms with E-state index in [4.69, 9.17) is 4.98 Å². The van der Waals surface area contributed by atoms with Gasteiger partial charge in [-0.15, -0.1) is 0 Å². The third-order valence-electron chi connectivity index (χ3n) is 4.95. The SMILES string of the molecule is C(=C/c1cc2ccccc2nc1NC1CCCCC1)/c1ccccc1. The molecule has 3 aromatic rings. The van der Waals surface area contributed by atoms with Crippen molar-refractivity contribution in [1.82, 2.24) is 4.98 Å². The Morgan fingerprint density at radius 1 is 0.840 bits per heavy atom. The molecule has 1 fully saturated rings. The largest absolute Gasteiger partial charge is 0.367 e. The van der Waals surface area contributed by atoms with Crippen LogP contribution in [0.3, 0.4) is 0 Å². The number of aromatic nitrogens is 1. The summed E-state index contributed by atoms with van der Waals surface area (Å²) in [5.74, 6) is 1.01. The Labute approximate surface area is 149 Å². The predicted molar refractivity (Wildman–Crippen MR) is 108 cm³/mol. The van der Waals surface area contributed by atoms with Crippen molar-refractivity contribution in [3.05, 3.63) is 71.8 Å². The van der Waals surface area contributed by atoms with Gasteiger partial charge in [0, 0.05) is 17.0 Å². The topological polar surface area (TPSA) is 24.9 Å². The van der Waals surface area contributed by atoms with E-state index in [0.29, 0.717) is 6.04 Å². The van der Waals surface area contributed by atoms with Gasteiger partial charge in [-0.25, -0.2) is 4.98 Å². The number of nitrogens with one attached hydrogen (secondary N) is 1. The first-order valence-corrected chi connectivity index (χ1v) is 9.28. The third-order valence-corrected chi connectivity index (χ3v) is 4.95. The number of hydrogen-bond donors (Lipinski definition) is 1. The Morgan fingerprint density at radius 3 is 2.44 bits per heavy atom. The highest BCUT2D eigenvalue weighted by Gasteiger charge is 2.15. The summed E-state index contributed by atoms with van der Waals surface area (Å²) >= 11 is 0. The van der Waals surface area contributed by atoms with Gasteiger partial charge in [0.15, 0.2) is 0 Å². The number of anilines is 1. The fraction of sp³-hybridized carbons (Fsp3) is 0.261. The zero-order valence-corrected chi connectivity index (χ0v) is 14.5. The van der Waals surface area contributed by atoms with E-state index in [2.05, 4.69) is 72.1 Å². The minimum Gasteiger partial charge on any atom is -0.367 e. The van der Waals surface area contributed by atoms with E-state index >= 15 is 0 Å². The van der Waals surface area contributed by atoms with Crippen LogP contribution in [-0.2, 0) is 0 Å². The fourth-order valence-electron chi connectivity index (χ4n) is 3.57. The summed E-state index contributed by atoms with van der Waals surface area (Å²) in [6.45, 7) is 0. The molecule has 0 radical (unpaired) electrons. The molecule has 126 valence electrons. The van der Waals surface area contributed by atoms with E-state index in [9.17, 15) is 0 Å². The minimum absolute atomic E-state index is 0.547. The predicted octanol–water partition coefficient (Wildman–Crippen LogP) is 6.15. The van der Waals surface area contributed by atoms with Crippen molar-refractivity contribution < 1.29 is 0 Å². The van der Waals surface area contributed by atoms with E-state index < -0.39 is 0 Å². The Bertz CT molecular complexity index is 862. The van der Waals surface area contributed by atoms with Crippen LogP contribution in [0.15, 0.2) is 60.7 Å². The molecule has 0 amide bonds. The molecule has 0 atom stereocenters. The summed E-state index contributed by atoms with van der Waals surface area (Å²) in [4.78, 5) is 4.92. The van der Waals surface area contributed by atoms with E-state index in [1.54, 1.807) is 0 Å². The van der Waals surface area contributed by atoms with Crippen LogP contribution in [0.2, 0.25) is 0 Å². The summed E-state index contributed by atoms with van der Waals surface area (Å²) in [5, 5.41) is 4.90. The summed E-state index contributed by atoms with van der Waals surface area (Å²) < 4.78 is 0. The maximum absolute atomic E-state index is 4.92. The number of hydrogen-bond acceptors (Lipinski definition) is 2. The lowest BCUT2D eigenvalue weighted by Crippen LogP contribution is -2.23. The van der Waals surface area contributed by atoms with Crippen LogP contribution in [-0.4, -0.2) is 11.0 Å². The molecule has 1 N–H and O–H groups in total. The average molecular weight is 328 g/mol. The summed E-state index contributed by atoms with van der Waals surface area (Å²) in [6.07, 6.45) is 10.8. The van der Waals surface area contributed by atoms with Crippen molar-refractivity contribution in [2.75, 3.05) is 5.32 Å². The van der Waals surface area contributed by atoms with Crippen LogP contribution in [0.4, 0.5) is 5.82 Å². The van der Waals surface area contributed by atoms with Gasteiger partial charge in [-0.2, -0.15) is 0 Å². The maximum Gasteiger partial charge on any atom is 0.134 e. The first kappa shape index (κ1) is 15.9. The van der Waals surface area contributed by atoms with Gasteiger partial charge in [-0.05, 0) is 30.5 Å². The lowest BCUT2D eigenvalue weighted by molar-refractivity contribution is 0.462. The van der Waals surface area contributed by atoms with Crippen molar-refractivity contribution in [2.45, 2.75) is 38.1 Å². The third kappa shape index (κ3) is 3.90. The molecule has 2 aromatic carbocycles. The average Bonchev–Trinajstić information content (AvgIpc) is 2.68. The lowest BCUT2D eigenvalue weighted by Gasteiger charge is -2.24. The summed E-state index contributed by atoms with van der Waals surface area (Å²) in [7, 11) is 0. The van der Waals surface area contributed by atoms with E-state index in [-0.39, 0.29) is 0 Å². The standard InChI is InChI=1S/C23H24N2/c1-3-9-18(10-4-1)15-16-20-17-19-11-7-8-14-22(19)25-23(20)24-21-12-5-2-6-13-21/h1,3-4,7-11,14-17,21H,2,5-6,12-13H2,(H,24,25)/b16-15-. The van der Waals surface area contributed by atoms with Gasteiger partial charge in [0.05, 0.1) is 5.52 Å². The summed E-state index contributed by atoms with van der Waals surface area (Å²) in [5.41, 5.74) is 3.42. The van der Waals surface area contributed by atoms with Crippen LogP contribution in [0.1, 0.15) is 43.2 Å². The highest BCUT2D eigenvalue weighted by molar-refractivity contribution is 5.87. The molecular formula is C23H24N2. The van der Waals surface area contributed by atoms with Crippen LogP contribution in [0, 0.1) is 0 Å². The molecule has 1 heterocycles. The van der Waals surface area contributed by atoms with Gasteiger partial charge in [0.25, 0.3) is 0 Å². The van der Waals surface area contributed by atoms with Gasteiger partial charge in [0.2, 0.25) is 0 Å². The second kappa shape index (κ2) is 7.52. The van der Waals surface area contributed by atoms with E-state index in [1.807, 2.05) is 6.07 Å². The van der Waals surface area contributed by atoms with E-state index in [0.717, 1.165) is 16.9 Å². The van der Waals surface area contributed by atoms with Crippen molar-refractivity contribution in [1.29, 1.82) is 0 Å². The maximum atomic E-state index is 4.92. The molecule has 2 heteroatoms. The number of rotatable bonds is 4. The second-order valence-electron chi connectivity index (χ2n) is 6.84. The first-order chi connectivity index (χ1) is 12.4. The molecule has 0 unspecified atom stereocenters. The normalized spacial score (nSPS) is 15.7. The smallest absolute Gasteiger partial charge is 0.134 e. The lowest BCUT2D eigenvalue weighted by atomic mass is 9.95. The van der Waals surface area contributed by atoms with Gasteiger partial charge >= 0.3 is 0 Å². The van der Waals surface area contributed by atoms with Crippen molar-refractivity contribution in [3.63, 3.8) is 0 Å². The van der Waals surface area contributed by atoms with Crippen molar-refractivity contribution >= 4 is 28.9 Å². The number of benzene rings is 2. The summed E-state index contributed by atoms with van der Waals surface area (Å²) in [6, 6.07) is 21.6. The van der Waals surface area contributed by atoms with Crippen LogP contribution in [0.5, 0.6) is 0 Å². The van der Waals surface area contributed by atoms with Gasteiger partial charge < -0.3 is 5.32 Å². The zero-order chi connectivity index (χ0) is 16.9. The molecule has 0 spiro atoms. The highest BCUT2D eigenvalue weighted by Crippen LogP contribution is 2.26. The van der Waals surface area contributed by atoms with Crippen LogP contribution in [0.25, 0.3) is 23.1 Å². The molecular weight excluding hydrogens is 304 g/mol. The quantitative estimate of drug-likeness (QED) is 0.621. The number of fused-ring (bicyclic) bond motifs is 1. The van der Waals surface area contributed by atoms with Gasteiger partial charge in [-0.3, -0.25) is 0 Å². The molecule has 4 rings (SSSR count). The molecule has 0 bridgehead atoms.